The lowest BCUT2D eigenvalue weighted by molar-refractivity contribution is 0.136. The Balaban J connectivity index is 2.28. The van der Waals surface area contributed by atoms with Gasteiger partial charge in [0.05, 0.1) is 12.5 Å². The van der Waals surface area contributed by atoms with E-state index in [4.69, 9.17) is 10.00 Å². The van der Waals surface area contributed by atoms with Gasteiger partial charge in [-0.25, -0.2) is 4.79 Å². The first-order valence-corrected chi connectivity index (χ1v) is 5.06. The minimum absolute atomic E-state index is 0.187. The number of alkyl carbamates (subject to hydrolysis) is 1. The van der Waals surface area contributed by atoms with Crippen LogP contribution in [0.4, 0.5) is 4.79 Å². The summed E-state index contributed by atoms with van der Waals surface area (Å²) in [5.74, 6) is 0. The molecule has 1 aromatic carbocycles. The quantitative estimate of drug-likeness (QED) is 0.842. The lowest BCUT2D eigenvalue weighted by Gasteiger charge is -2.10. The molecule has 0 aliphatic heterocycles. The summed E-state index contributed by atoms with van der Waals surface area (Å²) in [5, 5.41) is 11.0. The fourth-order valence-electron chi connectivity index (χ4n) is 1.15. The van der Waals surface area contributed by atoms with Crippen molar-refractivity contribution >= 4 is 6.09 Å². The molecule has 84 valence electrons. The van der Waals surface area contributed by atoms with Crippen LogP contribution in [0, 0.1) is 11.3 Å². The number of nitrogens with zero attached hydrogens (tertiary/aromatic N) is 1. The van der Waals surface area contributed by atoms with Gasteiger partial charge in [0.1, 0.15) is 6.61 Å². The molecule has 4 heteroatoms. The molecule has 1 atom stereocenters. The van der Waals surface area contributed by atoms with E-state index < -0.39 is 6.09 Å². The van der Waals surface area contributed by atoms with Crippen molar-refractivity contribution in [2.24, 2.45) is 0 Å². The molecule has 0 saturated carbocycles. The Hall–Kier alpha value is -2.02. The first kappa shape index (κ1) is 12.1. The molecule has 0 bridgehead atoms. The second-order valence-electron chi connectivity index (χ2n) is 3.47. The van der Waals surface area contributed by atoms with Gasteiger partial charge < -0.3 is 10.1 Å². The standard InChI is InChI=1S/C12H14N2O2/c1-10(7-8-13)14-12(15)16-9-11-5-3-2-4-6-11/h2-6,10H,7,9H2,1H3,(H,14,15)/t10-/m0/s1. The van der Waals surface area contributed by atoms with E-state index in [-0.39, 0.29) is 19.1 Å². The van der Waals surface area contributed by atoms with Crippen LogP contribution in [0.2, 0.25) is 0 Å². The van der Waals surface area contributed by atoms with Crippen LogP contribution < -0.4 is 5.32 Å². The van der Waals surface area contributed by atoms with Gasteiger partial charge in [-0.2, -0.15) is 5.26 Å². The van der Waals surface area contributed by atoms with Gasteiger partial charge in [-0.3, -0.25) is 0 Å². The first-order chi connectivity index (χ1) is 7.72. The second-order valence-corrected chi connectivity index (χ2v) is 3.47. The number of carbonyl (C=O) groups is 1. The van der Waals surface area contributed by atoms with Crippen molar-refractivity contribution in [3.63, 3.8) is 0 Å². The van der Waals surface area contributed by atoms with Crippen LogP contribution in [0.25, 0.3) is 0 Å². The normalized spacial score (nSPS) is 11.2. The van der Waals surface area contributed by atoms with Crippen LogP contribution in [0.3, 0.4) is 0 Å². The van der Waals surface area contributed by atoms with Crippen LogP contribution in [-0.4, -0.2) is 12.1 Å². The van der Waals surface area contributed by atoms with E-state index in [1.807, 2.05) is 36.4 Å². The lowest BCUT2D eigenvalue weighted by atomic mass is 10.2. The van der Waals surface area contributed by atoms with Crippen molar-refractivity contribution in [1.29, 1.82) is 5.26 Å². The van der Waals surface area contributed by atoms with Crippen LogP contribution >= 0.6 is 0 Å². The molecule has 4 nitrogen and oxygen atoms in total. The molecule has 0 heterocycles. The van der Waals surface area contributed by atoms with Gasteiger partial charge in [0.15, 0.2) is 0 Å². The number of hydrogen-bond donors (Lipinski definition) is 1. The van der Waals surface area contributed by atoms with Crippen molar-refractivity contribution in [2.75, 3.05) is 0 Å². The van der Waals surface area contributed by atoms with Crippen molar-refractivity contribution in [3.05, 3.63) is 35.9 Å². The van der Waals surface area contributed by atoms with Crippen molar-refractivity contribution in [3.8, 4) is 6.07 Å². The SMILES string of the molecule is C[C@@H](CC#N)NC(=O)OCc1ccccc1. The van der Waals surface area contributed by atoms with E-state index >= 15 is 0 Å². The summed E-state index contributed by atoms with van der Waals surface area (Å²) in [7, 11) is 0. The Kier molecular flexibility index (Phi) is 4.87. The molecule has 0 saturated heterocycles. The van der Waals surface area contributed by atoms with E-state index in [1.165, 1.54) is 0 Å². The Morgan fingerprint density at radius 3 is 2.81 bits per heavy atom. The third-order valence-electron chi connectivity index (χ3n) is 1.97. The predicted octanol–water partition coefficient (Wildman–Crippen LogP) is 2.21. The summed E-state index contributed by atoms with van der Waals surface area (Å²) < 4.78 is 4.99. The van der Waals surface area contributed by atoms with Crippen LogP contribution in [0.15, 0.2) is 30.3 Å². The van der Waals surface area contributed by atoms with Crippen molar-refractivity contribution < 1.29 is 9.53 Å². The van der Waals surface area contributed by atoms with Gasteiger partial charge in [-0.05, 0) is 12.5 Å². The minimum Gasteiger partial charge on any atom is -0.445 e. The number of ether oxygens (including phenoxy) is 1. The number of nitrogens with one attached hydrogen (secondary N) is 1. The van der Waals surface area contributed by atoms with Crippen LogP contribution in [0.5, 0.6) is 0 Å². The Morgan fingerprint density at radius 1 is 1.50 bits per heavy atom. The fourth-order valence-corrected chi connectivity index (χ4v) is 1.15. The summed E-state index contributed by atoms with van der Waals surface area (Å²) in [4.78, 5) is 11.3. The monoisotopic (exact) mass is 218 g/mol. The molecule has 0 aromatic heterocycles. The molecule has 1 aromatic rings. The third-order valence-corrected chi connectivity index (χ3v) is 1.97. The van der Waals surface area contributed by atoms with Gasteiger partial charge >= 0.3 is 6.09 Å². The van der Waals surface area contributed by atoms with Crippen molar-refractivity contribution in [2.45, 2.75) is 26.0 Å². The summed E-state index contributed by atoms with van der Waals surface area (Å²) in [5.41, 5.74) is 0.936. The summed E-state index contributed by atoms with van der Waals surface area (Å²) in [6.07, 6.45) is -0.216. The number of hydrogen-bond acceptors (Lipinski definition) is 3. The van der Waals surface area contributed by atoms with Gasteiger partial charge in [0, 0.05) is 6.04 Å². The topological polar surface area (TPSA) is 62.1 Å². The highest BCUT2D eigenvalue weighted by Crippen LogP contribution is 2.00. The van der Waals surface area contributed by atoms with Crippen LogP contribution in [-0.2, 0) is 11.3 Å². The largest absolute Gasteiger partial charge is 0.445 e. The lowest BCUT2D eigenvalue weighted by Crippen LogP contribution is -2.32. The smallest absolute Gasteiger partial charge is 0.407 e. The van der Waals surface area contributed by atoms with E-state index in [1.54, 1.807) is 6.92 Å². The van der Waals surface area contributed by atoms with E-state index in [9.17, 15) is 4.79 Å². The van der Waals surface area contributed by atoms with E-state index in [2.05, 4.69) is 5.32 Å². The number of benzene rings is 1. The van der Waals surface area contributed by atoms with Gasteiger partial charge in [0.25, 0.3) is 0 Å². The molecule has 1 amide bonds. The first-order valence-electron chi connectivity index (χ1n) is 5.06. The number of rotatable bonds is 4. The number of nitriles is 1. The van der Waals surface area contributed by atoms with Crippen LogP contribution in [0.1, 0.15) is 18.9 Å². The predicted molar refractivity (Wildman–Crippen MR) is 59.5 cm³/mol. The Bertz CT molecular complexity index is 370. The molecular formula is C12H14N2O2. The highest BCUT2D eigenvalue weighted by Gasteiger charge is 2.07. The van der Waals surface area contributed by atoms with Gasteiger partial charge in [-0.15, -0.1) is 0 Å². The molecular weight excluding hydrogens is 204 g/mol. The zero-order valence-corrected chi connectivity index (χ0v) is 9.14. The molecule has 1 rings (SSSR count). The molecule has 0 aliphatic rings. The molecule has 0 fully saturated rings. The van der Waals surface area contributed by atoms with E-state index in [0.29, 0.717) is 0 Å². The molecule has 0 aliphatic carbocycles. The zero-order valence-electron chi connectivity index (χ0n) is 9.14. The maximum absolute atomic E-state index is 11.3. The summed E-state index contributed by atoms with van der Waals surface area (Å²) in [6.45, 7) is 2.00. The molecule has 0 unspecified atom stereocenters. The molecule has 0 radical (unpaired) electrons. The second kappa shape index (κ2) is 6.46. The van der Waals surface area contributed by atoms with Crippen molar-refractivity contribution in [1.82, 2.24) is 5.32 Å². The minimum atomic E-state index is -0.494. The summed E-state index contributed by atoms with van der Waals surface area (Å²) >= 11 is 0. The van der Waals surface area contributed by atoms with Gasteiger partial charge in [0.2, 0.25) is 0 Å². The molecule has 1 N–H and O–H groups in total. The average molecular weight is 218 g/mol. The Morgan fingerprint density at radius 2 is 2.19 bits per heavy atom. The molecule has 16 heavy (non-hydrogen) atoms. The number of amides is 1. The van der Waals surface area contributed by atoms with Gasteiger partial charge in [-0.1, -0.05) is 30.3 Å². The third kappa shape index (κ3) is 4.47. The van der Waals surface area contributed by atoms with E-state index in [0.717, 1.165) is 5.56 Å². The zero-order chi connectivity index (χ0) is 11.8. The molecule has 0 spiro atoms. The maximum atomic E-state index is 11.3. The Labute approximate surface area is 94.8 Å². The fraction of sp³-hybridized carbons (Fsp3) is 0.333. The highest BCUT2D eigenvalue weighted by molar-refractivity contribution is 5.67. The average Bonchev–Trinajstić information content (AvgIpc) is 2.28. The highest BCUT2D eigenvalue weighted by atomic mass is 16.5. The number of carbonyl (C=O) groups excluding carboxylic acids is 1. The summed E-state index contributed by atoms with van der Waals surface area (Å²) in [6, 6.07) is 11.2. The maximum Gasteiger partial charge on any atom is 0.407 e.